The van der Waals surface area contributed by atoms with E-state index in [0.717, 1.165) is 11.3 Å². The van der Waals surface area contributed by atoms with Gasteiger partial charge in [0.1, 0.15) is 15.2 Å². The van der Waals surface area contributed by atoms with Crippen LogP contribution in [0, 0.1) is 0 Å². The summed E-state index contributed by atoms with van der Waals surface area (Å²) in [7, 11) is -7.59. The monoisotopic (exact) mass is 457 g/mol. The number of hydrogen-bond acceptors (Lipinski definition) is 7. The molecule has 28 heavy (non-hydrogen) atoms. The topological polar surface area (TPSA) is 89.5 Å². The SMILES string of the molecule is CCOc1ccc(S(=O)(=O)NCC(c2cccs2)S(=O)(=O)c2cccs2)cc1. The van der Waals surface area contributed by atoms with Crippen molar-refractivity contribution in [3.05, 3.63) is 64.2 Å². The van der Waals surface area contributed by atoms with Crippen molar-refractivity contribution in [2.75, 3.05) is 13.2 Å². The maximum absolute atomic E-state index is 13.0. The smallest absolute Gasteiger partial charge is 0.240 e. The van der Waals surface area contributed by atoms with Crippen LogP contribution in [-0.2, 0) is 19.9 Å². The fourth-order valence-electron chi connectivity index (χ4n) is 2.55. The minimum absolute atomic E-state index is 0.0504. The van der Waals surface area contributed by atoms with Crippen LogP contribution in [-0.4, -0.2) is 30.0 Å². The summed E-state index contributed by atoms with van der Waals surface area (Å²) in [6.45, 7) is 2.06. The van der Waals surface area contributed by atoms with Crippen molar-refractivity contribution in [3.63, 3.8) is 0 Å². The van der Waals surface area contributed by atoms with E-state index in [1.807, 2.05) is 6.92 Å². The Morgan fingerprint density at radius 2 is 1.64 bits per heavy atom. The molecule has 1 atom stereocenters. The predicted octanol–water partition coefficient (Wildman–Crippen LogP) is 3.70. The molecule has 3 rings (SSSR count). The Morgan fingerprint density at radius 1 is 0.964 bits per heavy atom. The third-order valence-electron chi connectivity index (χ3n) is 3.91. The van der Waals surface area contributed by atoms with E-state index in [-0.39, 0.29) is 15.6 Å². The number of sulfonamides is 1. The lowest BCUT2D eigenvalue weighted by Crippen LogP contribution is -2.31. The Morgan fingerprint density at radius 3 is 2.21 bits per heavy atom. The van der Waals surface area contributed by atoms with Crippen molar-refractivity contribution < 1.29 is 21.6 Å². The molecule has 0 saturated heterocycles. The molecule has 0 aliphatic heterocycles. The van der Waals surface area contributed by atoms with Crippen molar-refractivity contribution in [2.24, 2.45) is 0 Å². The van der Waals surface area contributed by atoms with Crippen molar-refractivity contribution in [2.45, 2.75) is 21.3 Å². The molecule has 0 fully saturated rings. The number of ether oxygens (including phenoxy) is 1. The molecular weight excluding hydrogens is 438 g/mol. The zero-order valence-corrected chi connectivity index (χ0v) is 18.2. The summed E-state index contributed by atoms with van der Waals surface area (Å²) in [4.78, 5) is 0.636. The largest absolute Gasteiger partial charge is 0.494 e. The number of nitrogens with one attached hydrogen (secondary N) is 1. The molecular formula is C18H19NO5S4. The summed E-state index contributed by atoms with van der Waals surface area (Å²) in [6, 6.07) is 12.6. The van der Waals surface area contributed by atoms with E-state index >= 15 is 0 Å². The highest BCUT2D eigenvalue weighted by Gasteiger charge is 2.32. The number of sulfone groups is 1. The van der Waals surface area contributed by atoms with Crippen LogP contribution in [0.15, 0.2) is 68.4 Å². The lowest BCUT2D eigenvalue weighted by atomic mass is 10.3. The van der Waals surface area contributed by atoms with Gasteiger partial charge >= 0.3 is 0 Å². The van der Waals surface area contributed by atoms with Gasteiger partial charge in [-0.1, -0.05) is 12.1 Å². The van der Waals surface area contributed by atoms with E-state index < -0.39 is 25.1 Å². The van der Waals surface area contributed by atoms with Crippen molar-refractivity contribution >= 4 is 42.5 Å². The van der Waals surface area contributed by atoms with Gasteiger partial charge in [-0.3, -0.25) is 0 Å². The van der Waals surface area contributed by atoms with Gasteiger partial charge < -0.3 is 4.74 Å². The fraction of sp³-hybridized carbons (Fsp3) is 0.222. The summed E-state index contributed by atoms with van der Waals surface area (Å²) in [6.07, 6.45) is 0. The number of rotatable bonds is 9. The highest BCUT2D eigenvalue weighted by atomic mass is 32.2. The van der Waals surface area contributed by atoms with Crippen molar-refractivity contribution in [1.29, 1.82) is 0 Å². The van der Waals surface area contributed by atoms with E-state index in [4.69, 9.17) is 4.74 Å². The number of thiophene rings is 2. The lowest BCUT2D eigenvalue weighted by molar-refractivity contribution is 0.340. The van der Waals surface area contributed by atoms with Crippen LogP contribution < -0.4 is 9.46 Å². The molecule has 1 N–H and O–H groups in total. The molecule has 6 nitrogen and oxygen atoms in total. The van der Waals surface area contributed by atoms with E-state index in [9.17, 15) is 16.8 Å². The van der Waals surface area contributed by atoms with Gasteiger partial charge in [-0.05, 0) is 54.1 Å². The van der Waals surface area contributed by atoms with Crippen molar-refractivity contribution in [3.8, 4) is 5.75 Å². The zero-order chi connectivity index (χ0) is 20.2. The average molecular weight is 458 g/mol. The van der Waals surface area contributed by atoms with E-state index in [0.29, 0.717) is 17.2 Å². The predicted molar refractivity (Wildman–Crippen MR) is 111 cm³/mol. The molecule has 10 heteroatoms. The second-order valence-electron chi connectivity index (χ2n) is 5.74. The molecule has 0 saturated carbocycles. The van der Waals surface area contributed by atoms with Crippen LogP contribution >= 0.6 is 22.7 Å². The second kappa shape index (κ2) is 8.75. The van der Waals surface area contributed by atoms with E-state index in [1.54, 1.807) is 41.1 Å². The first-order chi connectivity index (χ1) is 13.3. The van der Waals surface area contributed by atoms with Crippen LogP contribution in [0.1, 0.15) is 17.1 Å². The molecule has 0 bridgehead atoms. The van der Waals surface area contributed by atoms with Gasteiger partial charge in [-0.2, -0.15) is 0 Å². The van der Waals surface area contributed by atoms with Gasteiger partial charge in [0, 0.05) is 11.4 Å². The molecule has 1 unspecified atom stereocenters. The minimum atomic E-state index is -3.87. The standard InChI is InChI=1S/C18H19NO5S4/c1-2-24-14-7-9-15(10-8-14)28(22,23)19-13-17(16-5-3-11-25-16)27(20,21)18-6-4-12-26-18/h3-12,17,19H,2,13H2,1H3. The summed E-state index contributed by atoms with van der Waals surface area (Å²) in [5.41, 5.74) is 0. The highest BCUT2D eigenvalue weighted by Crippen LogP contribution is 2.33. The first-order valence-electron chi connectivity index (χ1n) is 8.38. The average Bonchev–Trinajstić information content (AvgIpc) is 3.37. The molecule has 2 heterocycles. The Labute approximate surface area is 172 Å². The summed E-state index contributed by atoms with van der Waals surface area (Å²) in [5, 5.41) is 2.46. The zero-order valence-electron chi connectivity index (χ0n) is 14.9. The summed E-state index contributed by atoms with van der Waals surface area (Å²) < 4.78 is 59.3. The molecule has 0 aliphatic rings. The van der Waals surface area contributed by atoms with Crippen LogP contribution in [0.5, 0.6) is 5.75 Å². The van der Waals surface area contributed by atoms with Crippen LogP contribution in [0.25, 0.3) is 0 Å². The quantitative estimate of drug-likeness (QED) is 0.529. The van der Waals surface area contributed by atoms with Gasteiger partial charge in [0.25, 0.3) is 0 Å². The third kappa shape index (κ3) is 4.64. The first kappa shape index (κ1) is 21.0. The van der Waals surface area contributed by atoms with Gasteiger partial charge in [0.2, 0.25) is 10.0 Å². The maximum atomic E-state index is 13.0. The summed E-state index contributed by atoms with van der Waals surface area (Å²) >= 11 is 2.40. The molecule has 3 aromatic rings. The minimum Gasteiger partial charge on any atom is -0.494 e. The van der Waals surface area contributed by atoms with Crippen LogP contribution in [0.2, 0.25) is 0 Å². The van der Waals surface area contributed by atoms with Gasteiger partial charge in [-0.25, -0.2) is 21.6 Å². The number of benzene rings is 1. The Bertz CT molecular complexity index is 1090. The van der Waals surface area contributed by atoms with Gasteiger partial charge in [0.15, 0.2) is 9.84 Å². The Kier molecular flexibility index (Phi) is 6.56. The van der Waals surface area contributed by atoms with Gasteiger partial charge in [-0.15, -0.1) is 22.7 Å². The molecule has 0 radical (unpaired) electrons. The molecule has 0 aliphatic carbocycles. The Balaban J connectivity index is 1.84. The molecule has 2 aromatic heterocycles. The van der Waals surface area contributed by atoms with Crippen LogP contribution in [0.3, 0.4) is 0 Å². The molecule has 0 amide bonds. The molecule has 0 spiro atoms. The van der Waals surface area contributed by atoms with Crippen molar-refractivity contribution in [1.82, 2.24) is 4.72 Å². The third-order valence-corrected chi connectivity index (χ3v) is 10.0. The normalized spacial score (nSPS) is 13.3. The second-order valence-corrected chi connectivity index (χ2v) is 11.8. The molecule has 1 aromatic carbocycles. The molecule has 150 valence electrons. The highest BCUT2D eigenvalue weighted by molar-refractivity contribution is 7.94. The van der Waals surface area contributed by atoms with E-state index in [1.165, 1.54) is 29.5 Å². The van der Waals surface area contributed by atoms with Gasteiger partial charge in [0.05, 0.1) is 11.5 Å². The Hall–Kier alpha value is -1.72. The summed E-state index contributed by atoms with van der Waals surface area (Å²) in [5.74, 6) is 0.568. The van der Waals surface area contributed by atoms with E-state index in [2.05, 4.69) is 4.72 Å². The van der Waals surface area contributed by atoms with Crippen LogP contribution in [0.4, 0.5) is 0 Å². The number of hydrogen-bond donors (Lipinski definition) is 1. The first-order valence-corrected chi connectivity index (χ1v) is 13.2. The fourth-order valence-corrected chi connectivity index (χ4v) is 7.70. The maximum Gasteiger partial charge on any atom is 0.240 e. The lowest BCUT2D eigenvalue weighted by Gasteiger charge is -2.16.